The van der Waals surface area contributed by atoms with Crippen molar-refractivity contribution in [1.82, 2.24) is 14.8 Å². The number of nitrogens with zero attached hydrogens (tertiary/aromatic N) is 3. The van der Waals surface area contributed by atoms with Gasteiger partial charge in [-0.15, -0.1) is 10.2 Å². The van der Waals surface area contributed by atoms with Crippen molar-refractivity contribution in [3.8, 4) is 0 Å². The van der Waals surface area contributed by atoms with Crippen LogP contribution in [0.15, 0.2) is 59.8 Å². The SMILES string of the molecule is Cc1ccc(COC(=O)CSc2nnc(C3CC3)n2Cc2ccccc2)cc1. The van der Waals surface area contributed by atoms with Gasteiger partial charge in [-0.3, -0.25) is 4.79 Å². The largest absolute Gasteiger partial charge is 0.460 e. The van der Waals surface area contributed by atoms with Gasteiger partial charge in [-0.2, -0.15) is 0 Å². The van der Waals surface area contributed by atoms with E-state index < -0.39 is 0 Å². The van der Waals surface area contributed by atoms with Crippen molar-refractivity contribution in [1.29, 1.82) is 0 Å². The Hall–Kier alpha value is -2.60. The molecule has 0 spiro atoms. The van der Waals surface area contributed by atoms with Gasteiger partial charge in [0.05, 0.1) is 12.3 Å². The predicted octanol–water partition coefficient (Wildman–Crippen LogP) is 4.35. The zero-order chi connectivity index (χ0) is 19.3. The van der Waals surface area contributed by atoms with Crippen LogP contribution in [-0.4, -0.2) is 26.5 Å². The van der Waals surface area contributed by atoms with Crippen molar-refractivity contribution in [3.05, 3.63) is 77.1 Å². The number of hydrogen-bond donors (Lipinski definition) is 0. The topological polar surface area (TPSA) is 57.0 Å². The van der Waals surface area contributed by atoms with E-state index in [0.717, 1.165) is 35.9 Å². The Labute approximate surface area is 169 Å². The van der Waals surface area contributed by atoms with Gasteiger partial charge >= 0.3 is 5.97 Å². The summed E-state index contributed by atoms with van der Waals surface area (Å²) in [5.41, 5.74) is 3.38. The molecule has 1 heterocycles. The van der Waals surface area contributed by atoms with E-state index in [0.29, 0.717) is 12.5 Å². The highest BCUT2D eigenvalue weighted by atomic mass is 32.2. The maximum Gasteiger partial charge on any atom is 0.316 e. The molecule has 1 saturated carbocycles. The zero-order valence-corrected chi connectivity index (χ0v) is 16.7. The summed E-state index contributed by atoms with van der Waals surface area (Å²) in [7, 11) is 0. The van der Waals surface area contributed by atoms with Gasteiger partial charge in [-0.25, -0.2) is 0 Å². The fourth-order valence-corrected chi connectivity index (χ4v) is 3.72. The van der Waals surface area contributed by atoms with E-state index in [1.54, 1.807) is 0 Å². The molecule has 0 radical (unpaired) electrons. The number of rotatable bonds is 8. The smallest absolute Gasteiger partial charge is 0.316 e. The summed E-state index contributed by atoms with van der Waals surface area (Å²) in [6.07, 6.45) is 2.33. The Morgan fingerprint density at radius 3 is 2.54 bits per heavy atom. The van der Waals surface area contributed by atoms with Gasteiger partial charge in [0.25, 0.3) is 0 Å². The second-order valence-electron chi connectivity index (χ2n) is 7.12. The molecule has 2 aromatic carbocycles. The normalized spacial score (nSPS) is 13.5. The van der Waals surface area contributed by atoms with E-state index in [9.17, 15) is 4.79 Å². The second-order valence-corrected chi connectivity index (χ2v) is 8.06. The summed E-state index contributed by atoms with van der Waals surface area (Å²) < 4.78 is 7.54. The Morgan fingerprint density at radius 2 is 1.82 bits per heavy atom. The van der Waals surface area contributed by atoms with Crippen LogP contribution in [0, 0.1) is 6.92 Å². The zero-order valence-electron chi connectivity index (χ0n) is 15.9. The first-order valence-electron chi connectivity index (χ1n) is 9.50. The number of aryl methyl sites for hydroxylation is 1. The van der Waals surface area contributed by atoms with Crippen LogP contribution in [0.2, 0.25) is 0 Å². The number of carbonyl (C=O) groups is 1. The molecule has 6 heteroatoms. The minimum Gasteiger partial charge on any atom is -0.460 e. The lowest BCUT2D eigenvalue weighted by Gasteiger charge is -2.10. The first-order chi connectivity index (χ1) is 13.7. The number of carbonyl (C=O) groups excluding carboxylic acids is 1. The van der Waals surface area contributed by atoms with Crippen LogP contribution in [0.5, 0.6) is 0 Å². The molecule has 3 aromatic rings. The molecule has 5 nitrogen and oxygen atoms in total. The van der Waals surface area contributed by atoms with Gasteiger partial charge in [0.1, 0.15) is 12.4 Å². The summed E-state index contributed by atoms with van der Waals surface area (Å²) in [6.45, 7) is 3.05. The minimum atomic E-state index is -0.243. The molecule has 28 heavy (non-hydrogen) atoms. The van der Waals surface area contributed by atoms with Crippen LogP contribution < -0.4 is 0 Å². The molecule has 0 N–H and O–H groups in total. The molecule has 0 atom stereocenters. The monoisotopic (exact) mass is 393 g/mol. The standard InChI is InChI=1S/C22H23N3O2S/c1-16-7-9-18(10-8-16)14-27-20(26)15-28-22-24-23-21(19-11-12-19)25(22)13-17-5-3-2-4-6-17/h2-10,19H,11-15H2,1H3. The van der Waals surface area contributed by atoms with E-state index in [-0.39, 0.29) is 11.7 Å². The van der Waals surface area contributed by atoms with E-state index in [2.05, 4.69) is 26.9 Å². The van der Waals surface area contributed by atoms with E-state index >= 15 is 0 Å². The fraction of sp³-hybridized carbons (Fsp3) is 0.318. The second kappa shape index (κ2) is 8.61. The molecule has 0 amide bonds. The highest BCUT2D eigenvalue weighted by Gasteiger charge is 2.30. The van der Waals surface area contributed by atoms with Crippen molar-refractivity contribution in [2.45, 2.75) is 44.0 Å². The molecule has 4 rings (SSSR count). The first kappa shape index (κ1) is 18.7. The summed E-state index contributed by atoms with van der Waals surface area (Å²) in [6, 6.07) is 18.3. The lowest BCUT2D eigenvalue weighted by Crippen LogP contribution is -2.10. The summed E-state index contributed by atoms with van der Waals surface area (Å²) in [5, 5.41) is 9.51. The van der Waals surface area contributed by atoms with Gasteiger partial charge in [-0.05, 0) is 30.9 Å². The number of thioether (sulfide) groups is 1. The maximum absolute atomic E-state index is 12.2. The molecule has 0 unspecified atom stereocenters. The van der Waals surface area contributed by atoms with Crippen molar-refractivity contribution < 1.29 is 9.53 Å². The van der Waals surface area contributed by atoms with Crippen LogP contribution >= 0.6 is 11.8 Å². The molecule has 0 saturated heterocycles. The van der Waals surface area contributed by atoms with Gasteiger partial charge in [0.2, 0.25) is 0 Å². The highest BCUT2D eigenvalue weighted by molar-refractivity contribution is 7.99. The summed E-state index contributed by atoms with van der Waals surface area (Å²) in [5.74, 6) is 1.51. The molecule has 1 aromatic heterocycles. The maximum atomic E-state index is 12.2. The summed E-state index contributed by atoms with van der Waals surface area (Å²) >= 11 is 1.39. The first-order valence-corrected chi connectivity index (χ1v) is 10.5. The predicted molar refractivity (Wildman–Crippen MR) is 109 cm³/mol. The quantitative estimate of drug-likeness (QED) is 0.421. The number of ether oxygens (including phenoxy) is 1. The Morgan fingerprint density at radius 1 is 1.07 bits per heavy atom. The molecular weight excluding hydrogens is 370 g/mol. The van der Waals surface area contributed by atoms with Gasteiger partial charge in [0.15, 0.2) is 5.16 Å². The third kappa shape index (κ3) is 4.81. The van der Waals surface area contributed by atoms with E-state index in [4.69, 9.17) is 4.74 Å². The van der Waals surface area contributed by atoms with Crippen molar-refractivity contribution in [2.24, 2.45) is 0 Å². The van der Waals surface area contributed by atoms with Crippen LogP contribution in [0.1, 0.15) is 41.3 Å². The molecule has 0 bridgehead atoms. The molecule has 0 aliphatic heterocycles. The number of benzene rings is 2. The van der Waals surface area contributed by atoms with Crippen molar-refractivity contribution >= 4 is 17.7 Å². The fourth-order valence-electron chi connectivity index (χ4n) is 2.98. The van der Waals surface area contributed by atoms with Crippen molar-refractivity contribution in [2.75, 3.05) is 5.75 Å². The minimum absolute atomic E-state index is 0.226. The van der Waals surface area contributed by atoms with Gasteiger partial charge in [-0.1, -0.05) is 71.9 Å². The van der Waals surface area contributed by atoms with Crippen LogP contribution in [0.4, 0.5) is 0 Å². The highest BCUT2D eigenvalue weighted by Crippen LogP contribution is 2.40. The Bertz CT molecular complexity index is 934. The molecule has 1 aliphatic rings. The van der Waals surface area contributed by atoms with Crippen molar-refractivity contribution in [3.63, 3.8) is 0 Å². The van der Waals surface area contributed by atoms with Gasteiger partial charge in [0, 0.05) is 5.92 Å². The van der Waals surface area contributed by atoms with E-state index in [1.165, 1.54) is 22.9 Å². The average Bonchev–Trinajstić information content (AvgIpc) is 3.48. The lowest BCUT2D eigenvalue weighted by atomic mass is 10.2. The van der Waals surface area contributed by atoms with Crippen LogP contribution in [-0.2, 0) is 22.7 Å². The number of esters is 1. The third-order valence-corrected chi connectivity index (χ3v) is 5.65. The molecule has 1 aliphatic carbocycles. The van der Waals surface area contributed by atoms with Crippen LogP contribution in [0.25, 0.3) is 0 Å². The number of aromatic nitrogens is 3. The average molecular weight is 394 g/mol. The molecule has 1 fully saturated rings. The lowest BCUT2D eigenvalue weighted by molar-refractivity contribution is -0.141. The Balaban J connectivity index is 1.37. The van der Waals surface area contributed by atoms with Crippen LogP contribution in [0.3, 0.4) is 0 Å². The molecular formula is C22H23N3O2S. The van der Waals surface area contributed by atoms with Gasteiger partial charge < -0.3 is 9.30 Å². The summed E-state index contributed by atoms with van der Waals surface area (Å²) in [4.78, 5) is 12.2. The third-order valence-electron chi connectivity index (χ3n) is 4.71. The molecule has 144 valence electrons. The van der Waals surface area contributed by atoms with E-state index in [1.807, 2.05) is 49.4 Å². The Kier molecular flexibility index (Phi) is 5.76. The number of hydrogen-bond acceptors (Lipinski definition) is 5.